The average molecular weight is 202 g/mol. The molecule has 0 aliphatic rings. The van der Waals surface area contributed by atoms with Crippen LogP contribution in [0.4, 0.5) is 4.79 Å². The zero-order chi connectivity index (χ0) is 11.0. The van der Waals surface area contributed by atoms with Crippen molar-refractivity contribution >= 4 is 12.1 Å². The van der Waals surface area contributed by atoms with Gasteiger partial charge in [0.05, 0.1) is 6.61 Å². The molecule has 0 rings (SSSR count). The molecule has 0 saturated carbocycles. The molecule has 0 bridgehead atoms. The first-order valence-corrected chi connectivity index (χ1v) is 4.22. The van der Waals surface area contributed by atoms with Crippen LogP contribution in [0.3, 0.4) is 0 Å². The van der Waals surface area contributed by atoms with Crippen LogP contribution in [0.2, 0.25) is 0 Å². The summed E-state index contributed by atoms with van der Waals surface area (Å²) in [7, 11) is 0. The van der Waals surface area contributed by atoms with Crippen molar-refractivity contribution in [3.05, 3.63) is 12.7 Å². The van der Waals surface area contributed by atoms with Crippen LogP contribution >= 0.6 is 0 Å². The van der Waals surface area contributed by atoms with Gasteiger partial charge in [-0.05, 0) is 13.8 Å². The summed E-state index contributed by atoms with van der Waals surface area (Å²) < 4.78 is 13.7. The highest BCUT2D eigenvalue weighted by molar-refractivity contribution is 5.76. The van der Waals surface area contributed by atoms with Crippen LogP contribution in [-0.2, 0) is 19.0 Å². The molecule has 14 heavy (non-hydrogen) atoms. The number of ether oxygens (including phenoxy) is 3. The summed E-state index contributed by atoms with van der Waals surface area (Å²) in [5.74, 6) is -0.594. The van der Waals surface area contributed by atoms with Crippen molar-refractivity contribution in [3.8, 4) is 0 Å². The molecule has 0 saturated heterocycles. The summed E-state index contributed by atoms with van der Waals surface area (Å²) in [6, 6.07) is 0. The van der Waals surface area contributed by atoms with Crippen LogP contribution in [0.5, 0.6) is 0 Å². The lowest BCUT2D eigenvalue weighted by molar-refractivity contribution is -0.153. The number of hydrogen-bond acceptors (Lipinski definition) is 5. The van der Waals surface area contributed by atoms with Crippen molar-refractivity contribution in [3.63, 3.8) is 0 Å². The maximum atomic E-state index is 11.0. The van der Waals surface area contributed by atoms with E-state index in [1.807, 2.05) is 0 Å². The van der Waals surface area contributed by atoms with Crippen LogP contribution in [0, 0.1) is 0 Å². The quantitative estimate of drug-likeness (QED) is 0.496. The highest BCUT2D eigenvalue weighted by Gasteiger charge is 2.19. The summed E-state index contributed by atoms with van der Waals surface area (Å²) in [5, 5.41) is 0. The minimum atomic E-state index is -0.952. The van der Waals surface area contributed by atoms with Crippen molar-refractivity contribution in [1.82, 2.24) is 0 Å². The van der Waals surface area contributed by atoms with E-state index in [4.69, 9.17) is 0 Å². The third-order valence-corrected chi connectivity index (χ3v) is 1.21. The standard InChI is InChI=1S/C9H14O5/c1-4-6-13-9(11)14-7(3)8(10)12-5-2/h4,7H,1,5-6H2,2-3H3. The van der Waals surface area contributed by atoms with Gasteiger partial charge in [0.1, 0.15) is 6.61 Å². The van der Waals surface area contributed by atoms with E-state index in [-0.39, 0.29) is 13.2 Å². The highest BCUT2D eigenvalue weighted by atomic mass is 16.7. The number of carbonyl (C=O) groups is 2. The molecule has 0 aromatic rings. The van der Waals surface area contributed by atoms with Crippen molar-refractivity contribution in [2.24, 2.45) is 0 Å². The summed E-state index contributed by atoms with van der Waals surface area (Å²) in [5.41, 5.74) is 0. The van der Waals surface area contributed by atoms with Gasteiger partial charge in [-0.25, -0.2) is 9.59 Å². The van der Waals surface area contributed by atoms with Gasteiger partial charge in [0, 0.05) is 0 Å². The molecule has 0 aliphatic heterocycles. The SMILES string of the molecule is C=CCOC(=O)OC(C)C(=O)OCC. The van der Waals surface area contributed by atoms with Crippen LogP contribution in [-0.4, -0.2) is 31.4 Å². The lowest BCUT2D eigenvalue weighted by Crippen LogP contribution is -2.26. The number of hydrogen-bond donors (Lipinski definition) is 0. The third-order valence-electron chi connectivity index (χ3n) is 1.21. The summed E-state index contributed by atoms with van der Waals surface area (Å²) in [4.78, 5) is 21.8. The van der Waals surface area contributed by atoms with E-state index >= 15 is 0 Å². The zero-order valence-electron chi connectivity index (χ0n) is 8.32. The molecule has 0 amide bonds. The molecule has 0 N–H and O–H groups in total. The first kappa shape index (κ1) is 12.5. The number of carbonyl (C=O) groups excluding carboxylic acids is 2. The van der Waals surface area contributed by atoms with Gasteiger partial charge in [0.15, 0.2) is 6.10 Å². The number of rotatable bonds is 5. The van der Waals surface area contributed by atoms with Gasteiger partial charge >= 0.3 is 12.1 Å². The fraction of sp³-hybridized carbons (Fsp3) is 0.556. The second-order valence-corrected chi connectivity index (χ2v) is 2.36. The summed E-state index contributed by atoms with van der Waals surface area (Å²) >= 11 is 0. The molecule has 0 aliphatic carbocycles. The third kappa shape index (κ3) is 5.18. The Balaban J connectivity index is 3.80. The van der Waals surface area contributed by atoms with Crippen molar-refractivity contribution < 1.29 is 23.8 Å². The average Bonchev–Trinajstić information content (AvgIpc) is 2.15. The largest absolute Gasteiger partial charge is 0.509 e. The lowest BCUT2D eigenvalue weighted by Gasteiger charge is -2.10. The van der Waals surface area contributed by atoms with Gasteiger partial charge in [0.2, 0.25) is 0 Å². The van der Waals surface area contributed by atoms with Crippen molar-refractivity contribution in [1.29, 1.82) is 0 Å². The molecule has 0 fully saturated rings. The predicted molar refractivity (Wildman–Crippen MR) is 48.7 cm³/mol. The maximum Gasteiger partial charge on any atom is 0.509 e. The van der Waals surface area contributed by atoms with Gasteiger partial charge in [-0.2, -0.15) is 0 Å². The smallest absolute Gasteiger partial charge is 0.463 e. The Hall–Kier alpha value is -1.52. The molecule has 0 aromatic carbocycles. The topological polar surface area (TPSA) is 61.8 Å². The molecule has 5 heteroatoms. The Morgan fingerprint density at radius 3 is 2.57 bits per heavy atom. The highest BCUT2D eigenvalue weighted by Crippen LogP contribution is 1.97. The molecule has 5 nitrogen and oxygen atoms in total. The predicted octanol–water partition coefficient (Wildman–Crippen LogP) is 1.28. The van der Waals surface area contributed by atoms with E-state index in [1.165, 1.54) is 13.0 Å². The van der Waals surface area contributed by atoms with Crippen LogP contribution in [0.25, 0.3) is 0 Å². The number of esters is 1. The molecule has 0 heterocycles. The van der Waals surface area contributed by atoms with Crippen LogP contribution < -0.4 is 0 Å². The Kier molecular flexibility index (Phi) is 6.19. The molecule has 0 aromatic heterocycles. The van der Waals surface area contributed by atoms with Gasteiger partial charge in [0.25, 0.3) is 0 Å². The molecular weight excluding hydrogens is 188 g/mol. The van der Waals surface area contributed by atoms with E-state index in [0.717, 1.165) is 0 Å². The Bertz CT molecular complexity index is 211. The van der Waals surface area contributed by atoms with Gasteiger partial charge in [-0.3, -0.25) is 0 Å². The second kappa shape index (κ2) is 6.94. The monoisotopic (exact) mass is 202 g/mol. The molecule has 0 spiro atoms. The first-order valence-electron chi connectivity index (χ1n) is 4.22. The van der Waals surface area contributed by atoms with Gasteiger partial charge in [-0.1, -0.05) is 12.7 Å². The van der Waals surface area contributed by atoms with Gasteiger partial charge < -0.3 is 14.2 Å². The lowest BCUT2D eigenvalue weighted by atomic mass is 10.4. The zero-order valence-corrected chi connectivity index (χ0v) is 8.32. The first-order chi connectivity index (χ1) is 6.61. The normalized spacial score (nSPS) is 11.3. The summed E-state index contributed by atoms with van der Waals surface area (Å²) in [6.45, 7) is 6.72. The van der Waals surface area contributed by atoms with E-state index in [1.54, 1.807) is 6.92 Å². The fourth-order valence-electron chi connectivity index (χ4n) is 0.613. The Morgan fingerprint density at radius 2 is 2.07 bits per heavy atom. The minimum absolute atomic E-state index is 0.0500. The molecule has 0 radical (unpaired) electrons. The van der Waals surface area contributed by atoms with E-state index in [0.29, 0.717) is 0 Å². The second-order valence-electron chi connectivity index (χ2n) is 2.36. The minimum Gasteiger partial charge on any atom is -0.463 e. The fourth-order valence-corrected chi connectivity index (χ4v) is 0.613. The van der Waals surface area contributed by atoms with Crippen molar-refractivity contribution in [2.45, 2.75) is 20.0 Å². The molecule has 80 valence electrons. The Morgan fingerprint density at radius 1 is 1.43 bits per heavy atom. The van der Waals surface area contributed by atoms with Crippen LogP contribution in [0.1, 0.15) is 13.8 Å². The maximum absolute atomic E-state index is 11.0. The molecule has 1 unspecified atom stereocenters. The molecular formula is C9H14O5. The Labute approximate surface area is 82.6 Å². The van der Waals surface area contributed by atoms with Crippen molar-refractivity contribution in [2.75, 3.05) is 13.2 Å². The van der Waals surface area contributed by atoms with Crippen LogP contribution in [0.15, 0.2) is 12.7 Å². The van der Waals surface area contributed by atoms with Gasteiger partial charge in [-0.15, -0.1) is 0 Å². The van der Waals surface area contributed by atoms with E-state index in [9.17, 15) is 9.59 Å². The summed E-state index contributed by atoms with van der Waals surface area (Å²) in [6.07, 6.45) is -0.464. The van der Waals surface area contributed by atoms with E-state index < -0.39 is 18.2 Å². The molecule has 1 atom stereocenters. The van der Waals surface area contributed by atoms with E-state index in [2.05, 4.69) is 20.8 Å².